The normalized spacial score (nSPS) is 12.3. The lowest BCUT2D eigenvalue weighted by molar-refractivity contribution is 0.104. The van der Waals surface area contributed by atoms with Crippen molar-refractivity contribution in [1.29, 1.82) is 0 Å². The van der Waals surface area contributed by atoms with Crippen molar-refractivity contribution in [2.75, 3.05) is 7.11 Å². The Hall–Kier alpha value is -3.48. The second-order valence-electron chi connectivity index (χ2n) is 7.20. The van der Waals surface area contributed by atoms with Crippen LogP contribution in [0, 0.1) is 0 Å². The number of thiazole rings is 1. The number of ether oxygens (including phenoxy) is 1. The molecule has 0 spiro atoms. The first-order chi connectivity index (χ1) is 15.1. The van der Waals surface area contributed by atoms with Crippen LogP contribution in [0.5, 0.6) is 5.75 Å². The third-order valence-electron chi connectivity index (χ3n) is 5.42. The second-order valence-corrected chi connectivity index (χ2v) is 8.64. The molecule has 0 aliphatic heterocycles. The van der Waals surface area contributed by atoms with E-state index in [2.05, 4.69) is 0 Å². The summed E-state index contributed by atoms with van der Waals surface area (Å²) in [5, 5.41) is 6.19. The highest BCUT2D eigenvalue weighted by Gasteiger charge is 2.35. The van der Waals surface area contributed by atoms with Gasteiger partial charge in [-0.1, -0.05) is 59.3 Å². The summed E-state index contributed by atoms with van der Waals surface area (Å²) in [4.78, 5) is 18.1. The zero-order valence-electron chi connectivity index (χ0n) is 16.3. The summed E-state index contributed by atoms with van der Waals surface area (Å²) in [6, 6.07) is 20.8. The molecular weight excluding hydrogens is 430 g/mol. The van der Waals surface area contributed by atoms with Crippen molar-refractivity contribution in [3.05, 3.63) is 82.9 Å². The highest BCUT2D eigenvalue weighted by Crippen LogP contribution is 2.43. The average Bonchev–Trinajstić information content (AvgIpc) is 3.47. The van der Waals surface area contributed by atoms with Crippen LogP contribution in [0.25, 0.3) is 37.9 Å². The zero-order valence-corrected chi connectivity index (χ0v) is 17.9. The molecule has 5 nitrogen and oxygen atoms in total. The lowest BCUT2D eigenvalue weighted by Gasteiger charge is -2.03. The third-order valence-corrected chi connectivity index (χ3v) is 6.67. The summed E-state index contributed by atoms with van der Waals surface area (Å²) < 4.78 is 8.13. The molecule has 2 heterocycles. The highest BCUT2D eigenvalue weighted by atomic mass is 35.5. The number of carbonyl (C=O) groups excluding carboxylic acids is 1. The molecule has 0 radical (unpaired) electrons. The van der Waals surface area contributed by atoms with Crippen LogP contribution in [0.1, 0.15) is 15.9 Å². The number of nitrogens with zero attached hydrogens (tertiary/aromatic N) is 3. The van der Waals surface area contributed by atoms with E-state index < -0.39 is 0 Å². The van der Waals surface area contributed by atoms with Gasteiger partial charge in [-0.05, 0) is 30.3 Å². The second kappa shape index (κ2) is 6.77. The van der Waals surface area contributed by atoms with Gasteiger partial charge in [-0.25, -0.2) is 9.67 Å². The molecule has 31 heavy (non-hydrogen) atoms. The average molecular weight is 444 g/mol. The molecule has 0 fully saturated rings. The monoisotopic (exact) mass is 443 g/mol. The molecule has 0 unspecified atom stereocenters. The summed E-state index contributed by atoms with van der Waals surface area (Å²) in [5.74, 6) is 0.750. The number of hydrogen-bond acceptors (Lipinski definition) is 5. The van der Waals surface area contributed by atoms with E-state index in [-0.39, 0.29) is 5.78 Å². The van der Waals surface area contributed by atoms with Crippen LogP contribution in [0.4, 0.5) is 0 Å². The Labute approximate surface area is 186 Å². The molecule has 0 bridgehead atoms. The topological polar surface area (TPSA) is 57.0 Å². The van der Waals surface area contributed by atoms with Gasteiger partial charge in [0.25, 0.3) is 0 Å². The third kappa shape index (κ3) is 2.72. The predicted molar refractivity (Wildman–Crippen MR) is 123 cm³/mol. The molecule has 2 aromatic heterocycles. The summed E-state index contributed by atoms with van der Waals surface area (Å²) in [6.07, 6.45) is 0. The maximum atomic E-state index is 13.3. The Bertz CT molecular complexity index is 1500. The van der Waals surface area contributed by atoms with Crippen LogP contribution in [0.2, 0.25) is 5.02 Å². The van der Waals surface area contributed by atoms with Crippen LogP contribution < -0.4 is 4.74 Å². The van der Waals surface area contributed by atoms with Crippen molar-refractivity contribution in [3.8, 4) is 33.4 Å². The van der Waals surface area contributed by atoms with Gasteiger partial charge in [-0.3, -0.25) is 4.79 Å². The fraction of sp³-hybridized carbons (Fsp3) is 0.0417. The van der Waals surface area contributed by atoms with E-state index in [9.17, 15) is 4.79 Å². The van der Waals surface area contributed by atoms with Crippen LogP contribution in [-0.2, 0) is 0 Å². The summed E-state index contributed by atoms with van der Waals surface area (Å²) in [7, 11) is 1.64. The minimum absolute atomic E-state index is 0.0235. The van der Waals surface area contributed by atoms with E-state index in [1.165, 1.54) is 11.3 Å². The van der Waals surface area contributed by atoms with Crippen molar-refractivity contribution >= 4 is 38.9 Å². The molecular formula is C24H14ClN3O2S. The first kappa shape index (κ1) is 18.3. The predicted octanol–water partition coefficient (Wildman–Crippen LogP) is 6.02. The number of hydrogen-bond donors (Lipinski definition) is 0. The SMILES string of the molecule is COc1ccc2nc(-n3nc(-c4ccc(Cl)cc4)c4c3-c3ccccc3C4=O)sc2c1. The van der Waals surface area contributed by atoms with Crippen molar-refractivity contribution in [2.45, 2.75) is 0 Å². The van der Waals surface area contributed by atoms with E-state index in [0.717, 1.165) is 32.8 Å². The van der Waals surface area contributed by atoms with E-state index in [4.69, 9.17) is 26.4 Å². The fourth-order valence-electron chi connectivity index (χ4n) is 3.96. The lowest BCUT2D eigenvalue weighted by Crippen LogP contribution is -2.00. The van der Waals surface area contributed by atoms with Crippen LogP contribution in [0.3, 0.4) is 0 Å². The van der Waals surface area contributed by atoms with Crippen LogP contribution in [0.15, 0.2) is 66.7 Å². The van der Waals surface area contributed by atoms with Crippen molar-refractivity contribution in [1.82, 2.24) is 14.8 Å². The minimum Gasteiger partial charge on any atom is -0.497 e. The van der Waals surface area contributed by atoms with Gasteiger partial charge < -0.3 is 4.74 Å². The molecule has 3 aromatic carbocycles. The number of ketones is 1. The fourth-order valence-corrected chi connectivity index (χ4v) is 5.04. The van der Waals surface area contributed by atoms with Crippen molar-refractivity contribution in [2.24, 2.45) is 0 Å². The number of rotatable bonds is 3. The standard InChI is InChI=1S/C24H14ClN3O2S/c1-30-15-10-11-18-19(12-15)31-24(26-18)28-22-16-4-2-3-5-17(16)23(29)20(22)21(27-28)13-6-8-14(25)9-7-13/h2-12H,1H3. The Kier molecular flexibility index (Phi) is 4.00. The van der Waals surface area contributed by atoms with E-state index in [1.807, 2.05) is 54.6 Å². The number of methoxy groups -OCH3 is 1. The van der Waals surface area contributed by atoms with Gasteiger partial charge in [-0.15, -0.1) is 0 Å². The number of aromatic nitrogens is 3. The maximum absolute atomic E-state index is 13.3. The van der Waals surface area contributed by atoms with Gasteiger partial charge in [0.1, 0.15) is 11.4 Å². The summed E-state index contributed by atoms with van der Waals surface area (Å²) in [5.41, 5.74) is 5.24. The molecule has 0 N–H and O–H groups in total. The molecule has 1 aliphatic rings. The smallest absolute Gasteiger partial charge is 0.212 e. The van der Waals surface area contributed by atoms with Gasteiger partial charge >= 0.3 is 0 Å². The first-order valence-corrected chi connectivity index (χ1v) is 10.8. The molecule has 0 atom stereocenters. The lowest BCUT2D eigenvalue weighted by atomic mass is 10.0. The van der Waals surface area contributed by atoms with E-state index in [1.54, 1.807) is 23.9 Å². The number of fused-ring (bicyclic) bond motifs is 4. The van der Waals surface area contributed by atoms with Crippen molar-refractivity contribution in [3.63, 3.8) is 0 Å². The molecule has 6 rings (SSSR count). The van der Waals surface area contributed by atoms with E-state index >= 15 is 0 Å². The van der Waals surface area contributed by atoms with Gasteiger partial charge in [-0.2, -0.15) is 5.10 Å². The molecule has 0 saturated carbocycles. The summed E-state index contributed by atoms with van der Waals surface area (Å²) >= 11 is 7.59. The zero-order chi connectivity index (χ0) is 21.1. The van der Waals surface area contributed by atoms with Gasteiger partial charge in [0, 0.05) is 21.7 Å². The molecule has 0 amide bonds. The Balaban J connectivity index is 1.63. The maximum Gasteiger partial charge on any atom is 0.212 e. The van der Waals surface area contributed by atoms with Gasteiger partial charge in [0.2, 0.25) is 5.13 Å². The molecule has 5 aromatic rings. The first-order valence-electron chi connectivity index (χ1n) is 9.62. The molecule has 0 saturated heterocycles. The Morgan fingerprint density at radius 3 is 2.55 bits per heavy atom. The largest absolute Gasteiger partial charge is 0.497 e. The quantitative estimate of drug-likeness (QED) is 0.335. The highest BCUT2D eigenvalue weighted by molar-refractivity contribution is 7.20. The van der Waals surface area contributed by atoms with Gasteiger partial charge in [0.15, 0.2) is 5.78 Å². The van der Waals surface area contributed by atoms with Gasteiger partial charge in [0.05, 0.1) is 28.6 Å². The molecule has 7 heteroatoms. The van der Waals surface area contributed by atoms with Crippen LogP contribution >= 0.6 is 22.9 Å². The summed E-state index contributed by atoms with van der Waals surface area (Å²) in [6.45, 7) is 0. The Morgan fingerprint density at radius 1 is 1.00 bits per heavy atom. The van der Waals surface area contributed by atoms with Crippen LogP contribution in [-0.4, -0.2) is 27.7 Å². The van der Waals surface area contributed by atoms with Crippen molar-refractivity contribution < 1.29 is 9.53 Å². The molecule has 150 valence electrons. The number of benzene rings is 3. The van der Waals surface area contributed by atoms with E-state index in [0.29, 0.717) is 27.0 Å². The Morgan fingerprint density at radius 2 is 1.77 bits per heavy atom. The number of halogens is 1. The number of carbonyl (C=O) groups is 1. The minimum atomic E-state index is -0.0235. The molecule has 1 aliphatic carbocycles.